The molecule has 0 radical (unpaired) electrons. The summed E-state index contributed by atoms with van der Waals surface area (Å²) in [5.74, 6) is -1.32. The summed E-state index contributed by atoms with van der Waals surface area (Å²) < 4.78 is 4.95. The van der Waals surface area contributed by atoms with E-state index in [1.807, 2.05) is 0 Å². The molecule has 1 aliphatic heterocycles. The quantitative estimate of drug-likeness (QED) is 0.692. The van der Waals surface area contributed by atoms with Gasteiger partial charge in [0.25, 0.3) is 5.91 Å². The van der Waals surface area contributed by atoms with Gasteiger partial charge in [-0.3, -0.25) is 14.4 Å². The Morgan fingerprint density at radius 2 is 1.81 bits per heavy atom. The summed E-state index contributed by atoms with van der Waals surface area (Å²) in [6.07, 6.45) is 3.01. The van der Waals surface area contributed by atoms with Crippen molar-refractivity contribution in [2.75, 3.05) is 32.1 Å². The third kappa shape index (κ3) is 5.84. The van der Waals surface area contributed by atoms with Crippen molar-refractivity contribution in [1.82, 2.24) is 4.90 Å². The molecule has 7 heteroatoms. The number of anilines is 1. The number of likely N-dealkylation sites (tertiary alicyclic amines) is 1. The van der Waals surface area contributed by atoms with Gasteiger partial charge in [0.2, 0.25) is 5.91 Å². The van der Waals surface area contributed by atoms with Crippen molar-refractivity contribution in [3.63, 3.8) is 0 Å². The Morgan fingerprint density at radius 3 is 2.38 bits per heavy atom. The summed E-state index contributed by atoms with van der Waals surface area (Å²) in [6, 6.07) is 6.80. The zero-order valence-electron chi connectivity index (χ0n) is 15.1. The largest absolute Gasteiger partial charge is 0.481 e. The second-order valence-electron chi connectivity index (χ2n) is 6.48. The lowest BCUT2D eigenvalue weighted by Crippen LogP contribution is -2.40. The highest BCUT2D eigenvalue weighted by Gasteiger charge is 2.27. The lowest BCUT2D eigenvalue weighted by molar-refractivity contribution is -0.143. The fourth-order valence-corrected chi connectivity index (χ4v) is 2.96. The number of carbonyl (C=O) groups excluding carboxylic acids is 2. The van der Waals surface area contributed by atoms with Gasteiger partial charge in [0, 0.05) is 44.5 Å². The summed E-state index contributed by atoms with van der Waals surface area (Å²) in [4.78, 5) is 37.0. The van der Waals surface area contributed by atoms with Crippen LogP contribution in [0.25, 0.3) is 0 Å². The van der Waals surface area contributed by atoms with Gasteiger partial charge >= 0.3 is 5.97 Å². The fourth-order valence-electron chi connectivity index (χ4n) is 2.96. The first kappa shape index (κ1) is 19.9. The topological polar surface area (TPSA) is 95.9 Å². The van der Waals surface area contributed by atoms with Crippen molar-refractivity contribution in [2.24, 2.45) is 5.92 Å². The minimum atomic E-state index is -0.792. The van der Waals surface area contributed by atoms with Crippen molar-refractivity contribution >= 4 is 23.5 Å². The minimum Gasteiger partial charge on any atom is -0.481 e. The number of rotatable bonds is 8. The highest BCUT2D eigenvalue weighted by Crippen LogP contribution is 2.20. The van der Waals surface area contributed by atoms with E-state index in [0.717, 1.165) is 12.8 Å². The van der Waals surface area contributed by atoms with E-state index in [0.29, 0.717) is 50.2 Å². The number of unbranched alkanes of at least 4 members (excludes halogenated alkanes) is 1. The first-order valence-electron chi connectivity index (χ1n) is 8.92. The third-order valence-electron chi connectivity index (χ3n) is 4.55. The molecule has 0 saturated carbocycles. The molecule has 1 saturated heterocycles. The summed E-state index contributed by atoms with van der Waals surface area (Å²) in [7, 11) is 1.64. The van der Waals surface area contributed by atoms with E-state index in [1.54, 1.807) is 36.3 Å². The third-order valence-corrected chi connectivity index (χ3v) is 4.55. The van der Waals surface area contributed by atoms with Crippen LogP contribution >= 0.6 is 0 Å². The number of methoxy groups -OCH3 is 1. The van der Waals surface area contributed by atoms with Gasteiger partial charge in [-0.2, -0.15) is 0 Å². The molecule has 1 heterocycles. The number of piperidine rings is 1. The van der Waals surface area contributed by atoms with E-state index in [9.17, 15) is 14.4 Å². The molecule has 1 aromatic carbocycles. The van der Waals surface area contributed by atoms with Crippen molar-refractivity contribution in [3.8, 4) is 0 Å². The Kier molecular flexibility index (Phi) is 7.59. The van der Waals surface area contributed by atoms with Gasteiger partial charge in [-0.25, -0.2) is 0 Å². The molecule has 1 aliphatic rings. The number of aliphatic carboxylic acids is 1. The summed E-state index contributed by atoms with van der Waals surface area (Å²) in [5.41, 5.74) is 1.19. The van der Waals surface area contributed by atoms with Crippen LogP contribution in [0, 0.1) is 5.92 Å². The average Bonchev–Trinajstić information content (AvgIpc) is 2.65. The molecule has 2 N–H and O–H groups in total. The van der Waals surface area contributed by atoms with Crippen LogP contribution in [0.4, 0.5) is 5.69 Å². The highest BCUT2D eigenvalue weighted by molar-refractivity contribution is 5.96. The lowest BCUT2D eigenvalue weighted by atomic mass is 9.96. The number of benzene rings is 1. The zero-order valence-corrected chi connectivity index (χ0v) is 15.1. The first-order chi connectivity index (χ1) is 12.5. The number of nitrogens with one attached hydrogen (secondary N) is 1. The van der Waals surface area contributed by atoms with Crippen LogP contribution in [0.15, 0.2) is 24.3 Å². The number of carboxylic acids is 1. The Bertz CT molecular complexity index is 621. The fraction of sp³-hybridized carbons (Fsp3) is 0.526. The average molecular weight is 362 g/mol. The van der Waals surface area contributed by atoms with Crippen molar-refractivity contribution in [1.29, 1.82) is 0 Å². The van der Waals surface area contributed by atoms with Crippen molar-refractivity contribution in [3.05, 3.63) is 29.8 Å². The lowest BCUT2D eigenvalue weighted by Gasteiger charge is -2.30. The minimum absolute atomic E-state index is 0.0593. The molecule has 7 nitrogen and oxygen atoms in total. The van der Waals surface area contributed by atoms with Gasteiger partial charge in [-0.1, -0.05) is 0 Å². The number of hydrogen-bond donors (Lipinski definition) is 2. The maximum atomic E-state index is 12.5. The van der Waals surface area contributed by atoms with Gasteiger partial charge in [0.1, 0.15) is 0 Å². The maximum Gasteiger partial charge on any atom is 0.306 e. The van der Waals surface area contributed by atoms with Gasteiger partial charge in [0.15, 0.2) is 0 Å². The Hall–Kier alpha value is -2.41. The van der Waals surface area contributed by atoms with Crippen LogP contribution in [0.5, 0.6) is 0 Å². The number of carboxylic acid groups (broad SMARTS) is 1. The van der Waals surface area contributed by atoms with E-state index in [2.05, 4.69) is 5.32 Å². The molecule has 0 atom stereocenters. The first-order valence-corrected chi connectivity index (χ1v) is 8.92. The molecule has 0 bridgehead atoms. The predicted molar refractivity (Wildman–Crippen MR) is 97.1 cm³/mol. The Labute approximate surface area is 153 Å². The van der Waals surface area contributed by atoms with Gasteiger partial charge in [-0.15, -0.1) is 0 Å². The number of amides is 2. The normalized spacial score (nSPS) is 14.9. The number of hydrogen-bond acceptors (Lipinski definition) is 4. The maximum absolute atomic E-state index is 12.5. The molecule has 1 fully saturated rings. The molecule has 0 aromatic heterocycles. The van der Waals surface area contributed by atoms with E-state index in [1.165, 1.54) is 0 Å². The van der Waals surface area contributed by atoms with Crippen molar-refractivity contribution < 1.29 is 24.2 Å². The van der Waals surface area contributed by atoms with E-state index < -0.39 is 5.97 Å². The summed E-state index contributed by atoms with van der Waals surface area (Å²) in [6.45, 7) is 1.55. The molecular formula is C19H26N2O5. The molecule has 2 amide bonds. The van der Waals surface area contributed by atoms with Crippen LogP contribution in [0.2, 0.25) is 0 Å². The van der Waals surface area contributed by atoms with Gasteiger partial charge in [-0.05, 0) is 49.9 Å². The molecule has 0 unspecified atom stereocenters. The molecule has 0 spiro atoms. The number of ether oxygens (including phenoxy) is 1. The SMILES string of the molecule is COCCCCC(=O)Nc1ccc(C(=O)N2CCC(C(=O)O)CC2)cc1. The second kappa shape index (κ2) is 9.91. The Morgan fingerprint density at radius 1 is 1.15 bits per heavy atom. The van der Waals surface area contributed by atoms with E-state index in [4.69, 9.17) is 9.84 Å². The number of carbonyl (C=O) groups is 3. The molecule has 0 aliphatic carbocycles. The van der Waals surface area contributed by atoms with Gasteiger partial charge in [0.05, 0.1) is 5.92 Å². The second-order valence-corrected chi connectivity index (χ2v) is 6.48. The molecule has 2 rings (SSSR count). The van der Waals surface area contributed by atoms with Crippen LogP contribution in [-0.2, 0) is 14.3 Å². The number of nitrogens with zero attached hydrogens (tertiary/aromatic N) is 1. The zero-order chi connectivity index (χ0) is 18.9. The monoisotopic (exact) mass is 362 g/mol. The van der Waals surface area contributed by atoms with Crippen LogP contribution in [0.3, 0.4) is 0 Å². The highest BCUT2D eigenvalue weighted by atomic mass is 16.5. The standard InChI is InChI=1S/C19H26N2O5/c1-26-13-3-2-4-17(22)20-16-7-5-14(6-8-16)18(23)21-11-9-15(10-12-21)19(24)25/h5-8,15H,2-4,9-13H2,1H3,(H,20,22)(H,24,25). The van der Waals surface area contributed by atoms with E-state index in [-0.39, 0.29) is 17.7 Å². The molecule has 26 heavy (non-hydrogen) atoms. The summed E-state index contributed by atoms with van der Waals surface area (Å²) >= 11 is 0. The van der Waals surface area contributed by atoms with Crippen LogP contribution in [-0.4, -0.2) is 54.6 Å². The van der Waals surface area contributed by atoms with Gasteiger partial charge < -0.3 is 20.1 Å². The molecule has 142 valence electrons. The van der Waals surface area contributed by atoms with Crippen LogP contribution < -0.4 is 5.32 Å². The molecule has 1 aromatic rings. The summed E-state index contributed by atoms with van der Waals surface area (Å²) in [5, 5.41) is 11.8. The van der Waals surface area contributed by atoms with Crippen molar-refractivity contribution in [2.45, 2.75) is 32.1 Å². The predicted octanol–water partition coefficient (Wildman–Crippen LogP) is 2.38. The smallest absolute Gasteiger partial charge is 0.306 e. The van der Waals surface area contributed by atoms with E-state index >= 15 is 0 Å². The molecular weight excluding hydrogens is 336 g/mol. The van der Waals surface area contributed by atoms with Crippen LogP contribution in [0.1, 0.15) is 42.5 Å². The Balaban J connectivity index is 1.82.